The molecule has 1 aromatic heterocycles. The minimum absolute atomic E-state index is 0.0444. The summed E-state index contributed by atoms with van der Waals surface area (Å²) in [6, 6.07) is 13.9. The molecule has 8 nitrogen and oxygen atoms in total. The number of hydrogen-bond donors (Lipinski definition) is 0. The Labute approximate surface area is 201 Å². The zero-order valence-corrected chi connectivity index (χ0v) is 20.6. The van der Waals surface area contributed by atoms with Gasteiger partial charge in [0.25, 0.3) is 5.91 Å². The molecule has 1 amide bonds. The molecule has 1 fully saturated rings. The largest absolute Gasteiger partial charge is 0.335 e. The molecule has 0 saturated heterocycles. The summed E-state index contributed by atoms with van der Waals surface area (Å²) >= 11 is 0. The number of carbonyl (C=O) groups excluding carboxylic acids is 1. The van der Waals surface area contributed by atoms with Crippen molar-refractivity contribution in [1.29, 1.82) is 0 Å². The van der Waals surface area contributed by atoms with Gasteiger partial charge < -0.3 is 4.90 Å². The normalized spacial score (nSPS) is 15.9. The van der Waals surface area contributed by atoms with E-state index in [2.05, 4.69) is 10.1 Å². The number of aromatic nitrogens is 3. The fourth-order valence-corrected chi connectivity index (χ4v) is 5.84. The average Bonchev–Trinajstić information content (AvgIpc) is 3.43. The monoisotopic (exact) mass is 481 g/mol. The number of hydrogen-bond acceptors (Lipinski definition) is 5. The summed E-state index contributed by atoms with van der Waals surface area (Å²) in [6.07, 6.45) is 8.19. The molecule has 1 heterocycles. The van der Waals surface area contributed by atoms with Crippen molar-refractivity contribution in [2.45, 2.75) is 56.0 Å². The van der Waals surface area contributed by atoms with E-state index in [1.54, 1.807) is 42.1 Å². The van der Waals surface area contributed by atoms with Gasteiger partial charge in [-0.1, -0.05) is 31.4 Å². The lowest BCUT2D eigenvalue weighted by Gasteiger charge is -2.30. The summed E-state index contributed by atoms with van der Waals surface area (Å²) in [4.78, 5) is 18.9. The maximum absolute atomic E-state index is 13.1. The van der Waals surface area contributed by atoms with E-state index < -0.39 is 10.0 Å². The summed E-state index contributed by atoms with van der Waals surface area (Å²) in [7, 11) is -0.176. The van der Waals surface area contributed by atoms with Crippen LogP contribution >= 0.6 is 0 Å². The minimum Gasteiger partial charge on any atom is -0.335 e. The first kappa shape index (κ1) is 24.1. The van der Waals surface area contributed by atoms with E-state index in [-0.39, 0.29) is 22.9 Å². The van der Waals surface area contributed by atoms with Gasteiger partial charge in [0.1, 0.15) is 12.7 Å². The lowest BCUT2D eigenvalue weighted by molar-refractivity contribution is 0.0742. The number of nitrogens with zero attached hydrogens (tertiary/aromatic N) is 5. The fraction of sp³-hybridized carbons (Fsp3) is 0.400. The van der Waals surface area contributed by atoms with E-state index in [0.717, 1.165) is 36.9 Å². The van der Waals surface area contributed by atoms with Crippen molar-refractivity contribution < 1.29 is 13.2 Å². The zero-order valence-electron chi connectivity index (χ0n) is 19.8. The van der Waals surface area contributed by atoms with Crippen molar-refractivity contribution >= 4 is 15.9 Å². The zero-order chi connectivity index (χ0) is 24.3. The van der Waals surface area contributed by atoms with Crippen LogP contribution in [0, 0.1) is 0 Å². The minimum atomic E-state index is -3.59. The molecule has 3 aromatic rings. The highest BCUT2D eigenvalue weighted by atomic mass is 32.2. The number of rotatable bonds is 7. The molecule has 1 atom stereocenters. The van der Waals surface area contributed by atoms with E-state index >= 15 is 0 Å². The third kappa shape index (κ3) is 4.90. The first-order chi connectivity index (χ1) is 16.3. The molecule has 0 radical (unpaired) electrons. The Bertz CT molecular complexity index is 1200. The maximum Gasteiger partial charge on any atom is 0.254 e. The van der Waals surface area contributed by atoms with Crippen LogP contribution in [0.5, 0.6) is 0 Å². The Hall–Kier alpha value is -3.04. The lowest BCUT2D eigenvalue weighted by Crippen LogP contribution is -2.38. The molecule has 0 bridgehead atoms. The number of benzene rings is 2. The molecule has 0 spiro atoms. The van der Waals surface area contributed by atoms with Crippen molar-refractivity contribution in [2.75, 3.05) is 14.1 Å². The molecular formula is C25H31N5O3S. The molecule has 1 saturated carbocycles. The van der Waals surface area contributed by atoms with Crippen LogP contribution < -0.4 is 0 Å². The second-order valence-electron chi connectivity index (χ2n) is 8.86. The quantitative estimate of drug-likeness (QED) is 0.508. The molecule has 1 unspecified atom stereocenters. The third-order valence-electron chi connectivity index (χ3n) is 6.83. The Balaban J connectivity index is 1.45. The second-order valence-corrected chi connectivity index (χ2v) is 10.9. The van der Waals surface area contributed by atoms with E-state index in [4.69, 9.17) is 0 Å². The standard InChI is InChI=1S/C25H31N5O3S/c1-19(20-9-13-23(14-10-20)30-18-26-17-27-30)28(2)25(31)21-11-15-24(16-12-21)34(32,33)29(3)22-7-5-4-6-8-22/h9-19,22H,4-8H2,1-3H3. The molecule has 1 aliphatic rings. The van der Waals surface area contributed by atoms with Gasteiger partial charge in [0, 0.05) is 25.7 Å². The van der Waals surface area contributed by atoms with Crippen molar-refractivity contribution in [3.05, 3.63) is 72.3 Å². The number of sulfonamides is 1. The molecule has 1 aliphatic carbocycles. The van der Waals surface area contributed by atoms with Crippen molar-refractivity contribution in [1.82, 2.24) is 24.0 Å². The Morgan fingerprint density at radius 2 is 1.65 bits per heavy atom. The van der Waals surface area contributed by atoms with Gasteiger partial charge in [0.15, 0.2) is 0 Å². The molecule has 9 heteroatoms. The third-order valence-corrected chi connectivity index (χ3v) is 8.75. The molecule has 180 valence electrons. The van der Waals surface area contributed by atoms with Gasteiger partial charge in [0.05, 0.1) is 16.6 Å². The van der Waals surface area contributed by atoms with E-state index in [0.29, 0.717) is 5.56 Å². The van der Waals surface area contributed by atoms with Crippen LogP contribution in [-0.4, -0.2) is 58.4 Å². The van der Waals surface area contributed by atoms with Gasteiger partial charge in [-0.15, -0.1) is 0 Å². The molecule has 34 heavy (non-hydrogen) atoms. The fourth-order valence-electron chi connectivity index (χ4n) is 4.43. The highest BCUT2D eigenvalue weighted by Crippen LogP contribution is 2.27. The highest BCUT2D eigenvalue weighted by Gasteiger charge is 2.29. The summed E-state index contributed by atoms with van der Waals surface area (Å²) in [5.74, 6) is -0.169. The molecule has 0 N–H and O–H groups in total. The van der Waals surface area contributed by atoms with Crippen LogP contribution in [0.1, 0.15) is 61.0 Å². The molecule has 2 aromatic carbocycles. The SMILES string of the molecule is CC(c1ccc(-n2cncn2)cc1)N(C)C(=O)c1ccc(S(=O)(=O)N(C)C2CCCCC2)cc1. The van der Waals surface area contributed by atoms with Gasteiger partial charge in [-0.25, -0.2) is 18.1 Å². The molecular weight excluding hydrogens is 450 g/mol. The van der Waals surface area contributed by atoms with Crippen LogP contribution in [0.15, 0.2) is 66.1 Å². The second kappa shape index (κ2) is 10.1. The van der Waals surface area contributed by atoms with Crippen LogP contribution in [0.3, 0.4) is 0 Å². The smallest absolute Gasteiger partial charge is 0.254 e. The van der Waals surface area contributed by atoms with Crippen LogP contribution in [0.2, 0.25) is 0 Å². The van der Waals surface area contributed by atoms with E-state index in [9.17, 15) is 13.2 Å². The summed E-state index contributed by atoms with van der Waals surface area (Å²) in [5.41, 5.74) is 2.32. The van der Waals surface area contributed by atoms with Crippen LogP contribution in [0.4, 0.5) is 0 Å². The highest BCUT2D eigenvalue weighted by molar-refractivity contribution is 7.89. The average molecular weight is 482 g/mol. The molecule has 0 aliphatic heterocycles. The van der Waals surface area contributed by atoms with Gasteiger partial charge >= 0.3 is 0 Å². The molecule has 4 rings (SSSR count). The Morgan fingerprint density at radius 1 is 1.00 bits per heavy atom. The predicted octanol–water partition coefficient (Wildman–Crippen LogP) is 4.05. The van der Waals surface area contributed by atoms with Gasteiger partial charge in [-0.05, 0) is 61.7 Å². The van der Waals surface area contributed by atoms with Gasteiger partial charge in [-0.2, -0.15) is 9.40 Å². The summed E-state index contributed by atoms with van der Waals surface area (Å²) in [5, 5.41) is 4.12. The van der Waals surface area contributed by atoms with Gasteiger partial charge in [0.2, 0.25) is 10.0 Å². The predicted molar refractivity (Wildman–Crippen MR) is 130 cm³/mol. The summed E-state index contributed by atoms with van der Waals surface area (Å²) in [6.45, 7) is 1.96. The van der Waals surface area contributed by atoms with Crippen molar-refractivity contribution in [3.63, 3.8) is 0 Å². The number of carbonyl (C=O) groups is 1. The lowest BCUT2D eigenvalue weighted by atomic mass is 9.96. The Kier molecular flexibility index (Phi) is 7.13. The first-order valence-corrected chi connectivity index (χ1v) is 13.0. The van der Waals surface area contributed by atoms with E-state index in [1.165, 1.54) is 29.2 Å². The first-order valence-electron chi connectivity index (χ1n) is 11.6. The van der Waals surface area contributed by atoms with Crippen LogP contribution in [0.25, 0.3) is 5.69 Å². The van der Waals surface area contributed by atoms with Gasteiger partial charge in [-0.3, -0.25) is 4.79 Å². The topological polar surface area (TPSA) is 88.4 Å². The van der Waals surface area contributed by atoms with Crippen molar-refractivity contribution in [2.24, 2.45) is 0 Å². The van der Waals surface area contributed by atoms with Crippen molar-refractivity contribution in [3.8, 4) is 5.69 Å². The van der Waals surface area contributed by atoms with E-state index in [1.807, 2.05) is 31.2 Å². The van der Waals surface area contributed by atoms with Crippen LogP contribution in [-0.2, 0) is 10.0 Å². The maximum atomic E-state index is 13.1. The number of amides is 1. The summed E-state index contributed by atoms with van der Waals surface area (Å²) < 4.78 is 29.3. The Morgan fingerprint density at radius 3 is 2.24 bits per heavy atom.